The maximum Gasteiger partial charge on any atom is 0.263 e. The standard InChI is InChI=1S/C22H18F2N2O/c23-21(24)14-7-8-18-16-5-1-2-6-17(16)20(19(18)12-14)13-15-4-3-10-26-22(15)27-11-9-25/h1-8,10,12-13,21H,9,11,25H2. The Balaban J connectivity index is 1.89. The first kappa shape index (κ1) is 17.4. The Hall–Kier alpha value is -3.05. The van der Waals surface area contributed by atoms with Gasteiger partial charge in [-0.3, -0.25) is 0 Å². The van der Waals surface area contributed by atoms with E-state index in [0.717, 1.165) is 33.4 Å². The number of rotatable bonds is 5. The van der Waals surface area contributed by atoms with E-state index in [0.29, 0.717) is 19.0 Å². The van der Waals surface area contributed by atoms with Gasteiger partial charge < -0.3 is 10.5 Å². The highest BCUT2D eigenvalue weighted by molar-refractivity contribution is 6.06. The van der Waals surface area contributed by atoms with Crippen molar-refractivity contribution >= 4 is 11.6 Å². The monoisotopic (exact) mass is 364 g/mol. The summed E-state index contributed by atoms with van der Waals surface area (Å²) >= 11 is 0. The maximum absolute atomic E-state index is 13.3. The van der Waals surface area contributed by atoms with E-state index in [-0.39, 0.29) is 5.56 Å². The Morgan fingerprint density at radius 3 is 2.52 bits per heavy atom. The molecule has 0 saturated heterocycles. The lowest BCUT2D eigenvalue weighted by Crippen LogP contribution is -2.11. The van der Waals surface area contributed by atoms with E-state index in [1.54, 1.807) is 18.3 Å². The molecule has 1 heterocycles. The lowest BCUT2D eigenvalue weighted by molar-refractivity contribution is 0.151. The van der Waals surface area contributed by atoms with Crippen LogP contribution in [0.2, 0.25) is 0 Å². The first-order valence-corrected chi connectivity index (χ1v) is 8.71. The Morgan fingerprint density at radius 1 is 0.963 bits per heavy atom. The van der Waals surface area contributed by atoms with Crippen molar-refractivity contribution in [3.8, 4) is 17.0 Å². The van der Waals surface area contributed by atoms with E-state index < -0.39 is 6.43 Å². The molecule has 0 aliphatic heterocycles. The van der Waals surface area contributed by atoms with Crippen LogP contribution in [-0.2, 0) is 0 Å². The second-order valence-electron chi connectivity index (χ2n) is 6.24. The number of benzene rings is 2. The Morgan fingerprint density at radius 2 is 1.74 bits per heavy atom. The minimum atomic E-state index is -2.51. The number of pyridine rings is 1. The molecule has 2 N–H and O–H groups in total. The number of nitrogens with zero attached hydrogens (tertiary/aromatic N) is 1. The molecule has 27 heavy (non-hydrogen) atoms. The van der Waals surface area contributed by atoms with Crippen molar-refractivity contribution in [1.29, 1.82) is 0 Å². The second kappa shape index (κ2) is 7.29. The molecule has 3 aromatic rings. The van der Waals surface area contributed by atoms with E-state index in [2.05, 4.69) is 4.98 Å². The number of aromatic nitrogens is 1. The van der Waals surface area contributed by atoms with Crippen LogP contribution < -0.4 is 10.5 Å². The summed E-state index contributed by atoms with van der Waals surface area (Å²) in [6.07, 6.45) is 1.08. The van der Waals surface area contributed by atoms with Crippen LogP contribution in [0.3, 0.4) is 0 Å². The average Bonchev–Trinajstić information content (AvgIpc) is 3.00. The van der Waals surface area contributed by atoms with Crippen LogP contribution in [0.5, 0.6) is 5.88 Å². The molecule has 0 saturated carbocycles. The van der Waals surface area contributed by atoms with Crippen molar-refractivity contribution < 1.29 is 13.5 Å². The molecule has 4 rings (SSSR count). The molecule has 0 spiro atoms. The summed E-state index contributed by atoms with van der Waals surface area (Å²) in [5.41, 5.74) is 11.0. The van der Waals surface area contributed by atoms with Crippen molar-refractivity contribution in [2.75, 3.05) is 13.2 Å². The zero-order chi connectivity index (χ0) is 18.8. The molecule has 0 bridgehead atoms. The fourth-order valence-electron chi connectivity index (χ4n) is 3.35. The van der Waals surface area contributed by atoms with Crippen molar-refractivity contribution in [3.05, 3.63) is 83.0 Å². The van der Waals surface area contributed by atoms with Crippen LogP contribution in [0.4, 0.5) is 8.78 Å². The molecular formula is C22H18F2N2O. The number of fused-ring (bicyclic) bond motifs is 3. The number of ether oxygens (including phenoxy) is 1. The molecule has 0 fully saturated rings. The number of alkyl halides is 2. The quantitative estimate of drug-likeness (QED) is 0.546. The molecule has 5 heteroatoms. The van der Waals surface area contributed by atoms with E-state index in [1.807, 2.05) is 42.5 Å². The van der Waals surface area contributed by atoms with Crippen LogP contribution in [-0.4, -0.2) is 18.1 Å². The minimum absolute atomic E-state index is 0.0123. The van der Waals surface area contributed by atoms with Gasteiger partial charge >= 0.3 is 0 Å². The molecule has 3 nitrogen and oxygen atoms in total. The molecule has 0 radical (unpaired) electrons. The highest BCUT2D eigenvalue weighted by atomic mass is 19.3. The molecule has 1 aliphatic rings. The summed E-state index contributed by atoms with van der Waals surface area (Å²) in [5, 5.41) is 0. The normalized spacial score (nSPS) is 13.7. The predicted octanol–water partition coefficient (Wildman–Crippen LogP) is 4.93. The van der Waals surface area contributed by atoms with Gasteiger partial charge in [0.25, 0.3) is 6.43 Å². The van der Waals surface area contributed by atoms with Crippen molar-refractivity contribution in [2.24, 2.45) is 5.73 Å². The van der Waals surface area contributed by atoms with Gasteiger partial charge in [0, 0.05) is 23.9 Å². The Kier molecular flexibility index (Phi) is 4.69. The van der Waals surface area contributed by atoms with Gasteiger partial charge in [0.2, 0.25) is 5.88 Å². The number of hydrogen-bond acceptors (Lipinski definition) is 3. The highest BCUT2D eigenvalue weighted by Gasteiger charge is 2.25. The molecule has 136 valence electrons. The second-order valence-corrected chi connectivity index (χ2v) is 6.24. The van der Waals surface area contributed by atoms with Gasteiger partial charge in [-0.1, -0.05) is 36.4 Å². The molecule has 2 aromatic carbocycles. The van der Waals surface area contributed by atoms with Crippen LogP contribution in [0.25, 0.3) is 22.8 Å². The average molecular weight is 364 g/mol. The van der Waals surface area contributed by atoms with Gasteiger partial charge in [-0.25, -0.2) is 13.8 Å². The fraction of sp³-hybridized carbons (Fsp3) is 0.136. The summed E-state index contributed by atoms with van der Waals surface area (Å²) in [5.74, 6) is 0.478. The van der Waals surface area contributed by atoms with Gasteiger partial charge in [0.15, 0.2) is 0 Å². The summed E-state index contributed by atoms with van der Waals surface area (Å²) in [6.45, 7) is 0.742. The molecule has 0 atom stereocenters. The zero-order valence-corrected chi connectivity index (χ0v) is 14.5. The number of nitrogens with two attached hydrogens (primary N) is 1. The van der Waals surface area contributed by atoms with Crippen LogP contribution in [0.1, 0.15) is 28.7 Å². The third-order valence-corrected chi connectivity index (χ3v) is 4.55. The van der Waals surface area contributed by atoms with Gasteiger partial charge in [0.05, 0.1) is 0 Å². The molecular weight excluding hydrogens is 346 g/mol. The maximum atomic E-state index is 13.3. The zero-order valence-electron chi connectivity index (χ0n) is 14.5. The van der Waals surface area contributed by atoms with Crippen LogP contribution >= 0.6 is 0 Å². The third kappa shape index (κ3) is 3.22. The van der Waals surface area contributed by atoms with Crippen molar-refractivity contribution in [2.45, 2.75) is 6.43 Å². The predicted molar refractivity (Wildman–Crippen MR) is 103 cm³/mol. The Bertz CT molecular complexity index is 1010. The van der Waals surface area contributed by atoms with Gasteiger partial charge in [0.1, 0.15) is 6.61 Å². The van der Waals surface area contributed by atoms with Gasteiger partial charge in [-0.15, -0.1) is 0 Å². The van der Waals surface area contributed by atoms with Gasteiger partial charge in [-0.05, 0) is 52.1 Å². The van der Waals surface area contributed by atoms with E-state index in [1.165, 1.54) is 6.07 Å². The first-order chi connectivity index (χ1) is 13.2. The number of hydrogen-bond donors (Lipinski definition) is 1. The van der Waals surface area contributed by atoms with E-state index in [4.69, 9.17) is 10.5 Å². The third-order valence-electron chi connectivity index (χ3n) is 4.55. The lowest BCUT2D eigenvalue weighted by atomic mass is 10.00. The highest BCUT2D eigenvalue weighted by Crippen LogP contribution is 2.46. The topological polar surface area (TPSA) is 48.1 Å². The minimum Gasteiger partial charge on any atom is -0.476 e. The van der Waals surface area contributed by atoms with E-state index >= 15 is 0 Å². The summed E-state index contributed by atoms with van der Waals surface area (Å²) in [7, 11) is 0. The summed E-state index contributed by atoms with van der Waals surface area (Å²) in [6, 6.07) is 16.4. The molecule has 1 aromatic heterocycles. The Labute approximate surface area is 156 Å². The SMILES string of the molecule is NCCOc1ncccc1C=C1c2ccccc2-c2ccc(C(F)F)cc21. The lowest BCUT2D eigenvalue weighted by Gasteiger charge is -2.09. The molecule has 1 aliphatic carbocycles. The first-order valence-electron chi connectivity index (χ1n) is 8.71. The largest absolute Gasteiger partial charge is 0.476 e. The molecule has 0 amide bonds. The molecule has 0 unspecified atom stereocenters. The smallest absolute Gasteiger partial charge is 0.263 e. The summed E-state index contributed by atoms with van der Waals surface area (Å²) < 4.78 is 32.2. The van der Waals surface area contributed by atoms with Gasteiger partial charge in [-0.2, -0.15) is 0 Å². The van der Waals surface area contributed by atoms with Crippen LogP contribution in [0, 0.1) is 0 Å². The van der Waals surface area contributed by atoms with Crippen molar-refractivity contribution in [1.82, 2.24) is 4.98 Å². The van der Waals surface area contributed by atoms with E-state index in [9.17, 15) is 8.78 Å². The van der Waals surface area contributed by atoms with Crippen LogP contribution in [0.15, 0.2) is 60.8 Å². The number of halogens is 2. The fourth-order valence-corrected chi connectivity index (χ4v) is 3.35. The van der Waals surface area contributed by atoms with Crippen molar-refractivity contribution in [3.63, 3.8) is 0 Å². The summed E-state index contributed by atoms with van der Waals surface area (Å²) in [4.78, 5) is 4.27.